The Balaban J connectivity index is 0.00000338. The zero-order chi connectivity index (χ0) is 18.4. The van der Waals surface area contributed by atoms with Crippen LogP contribution in [0, 0.1) is 0 Å². The van der Waals surface area contributed by atoms with Gasteiger partial charge in [-0.15, -0.1) is 12.4 Å². The predicted molar refractivity (Wildman–Crippen MR) is 103 cm³/mol. The van der Waals surface area contributed by atoms with Gasteiger partial charge >= 0.3 is 5.97 Å². The molecule has 1 heterocycles. The lowest BCUT2D eigenvalue weighted by Crippen LogP contribution is -2.36. The lowest BCUT2D eigenvalue weighted by Gasteiger charge is -2.14. The smallest absolute Gasteiger partial charge is 0.303 e. The number of halogens is 2. The number of carboxylic acids is 1. The summed E-state index contributed by atoms with van der Waals surface area (Å²) in [5.41, 5.74) is 6.48. The molecule has 26 heavy (non-hydrogen) atoms. The van der Waals surface area contributed by atoms with Crippen LogP contribution in [0.25, 0.3) is 0 Å². The highest BCUT2D eigenvalue weighted by molar-refractivity contribution is 9.10. The van der Waals surface area contributed by atoms with Crippen LogP contribution in [0.5, 0.6) is 0 Å². The molecule has 1 aromatic heterocycles. The van der Waals surface area contributed by atoms with Gasteiger partial charge in [-0.3, -0.25) is 19.4 Å². The quantitative estimate of drug-likeness (QED) is 0.567. The molecule has 1 aromatic carbocycles. The van der Waals surface area contributed by atoms with Gasteiger partial charge in [0.05, 0.1) is 11.7 Å². The second-order valence-corrected chi connectivity index (χ2v) is 6.18. The molecule has 7 nitrogen and oxygen atoms in total. The van der Waals surface area contributed by atoms with Crippen molar-refractivity contribution in [2.45, 2.75) is 18.9 Å². The van der Waals surface area contributed by atoms with Crippen molar-refractivity contribution < 1.29 is 19.5 Å². The van der Waals surface area contributed by atoms with Gasteiger partial charge in [0.2, 0.25) is 11.7 Å². The Bertz CT molecular complexity index is 802. The zero-order valence-corrected chi connectivity index (χ0v) is 15.9. The number of carboxylic acid groups (broad SMARTS) is 1. The molecule has 0 saturated heterocycles. The Hall–Kier alpha value is -2.29. The first-order chi connectivity index (χ1) is 11.9. The van der Waals surface area contributed by atoms with E-state index >= 15 is 0 Å². The molecule has 2 aromatic rings. The van der Waals surface area contributed by atoms with E-state index in [2.05, 4.69) is 26.2 Å². The number of aromatic nitrogens is 1. The van der Waals surface area contributed by atoms with Crippen molar-refractivity contribution in [3.05, 3.63) is 58.3 Å². The summed E-state index contributed by atoms with van der Waals surface area (Å²) in [5, 5.41) is 11.2. The molecule has 9 heteroatoms. The van der Waals surface area contributed by atoms with Gasteiger partial charge in [0.15, 0.2) is 0 Å². The number of nitrogens with two attached hydrogens (primary N) is 1. The second-order valence-electron chi connectivity index (χ2n) is 5.26. The molecular formula is C17H17BrClN3O4. The molecule has 0 aliphatic rings. The van der Waals surface area contributed by atoms with Crippen molar-refractivity contribution >= 4 is 51.7 Å². The molecular weight excluding hydrogens is 426 g/mol. The molecule has 0 bridgehead atoms. The van der Waals surface area contributed by atoms with E-state index in [0.717, 1.165) is 0 Å². The van der Waals surface area contributed by atoms with E-state index in [-0.39, 0.29) is 48.0 Å². The molecule has 0 aliphatic heterocycles. The normalized spacial score (nSPS) is 11.2. The summed E-state index contributed by atoms with van der Waals surface area (Å²) in [4.78, 5) is 39.4. The maximum absolute atomic E-state index is 12.6. The van der Waals surface area contributed by atoms with Crippen molar-refractivity contribution in [1.29, 1.82) is 0 Å². The number of pyridine rings is 1. The van der Waals surface area contributed by atoms with Crippen molar-refractivity contribution in [2.24, 2.45) is 5.73 Å². The largest absolute Gasteiger partial charge is 0.481 e. The average molecular weight is 443 g/mol. The van der Waals surface area contributed by atoms with Crippen molar-refractivity contribution in [3.63, 3.8) is 0 Å². The molecule has 1 amide bonds. The standard InChI is InChI=1S/C17H16BrN3O4.ClH/c18-10-4-6-13(21-17(25)12(19)5-7-15(22)23)11(9-10)16(24)14-3-1-2-8-20-14;/h1-4,6,8-9,12H,5,7,19H2,(H,21,25)(H,22,23);1H. The third-order valence-electron chi connectivity index (χ3n) is 3.39. The minimum absolute atomic E-state index is 0. The van der Waals surface area contributed by atoms with Crippen LogP contribution < -0.4 is 11.1 Å². The third-order valence-corrected chi connectivity index (χ3v) is 3.88. The van der Waals surface area contributed by atoms with E-state index < -0.39 is 17.9 Å². The van der Waals surface area contributed by atoms with Gasteiger partial charge in [-0.1, -0.05) is 22.0 Å². The van der Waals surface area contributed by atoms with Gasteiger partial charge in [0.1, 0.15) is 5.69 Å². The van der Waals surface area contributed by atoms with Crippen LogP contribution in [-0.4, -0.2) is 33.8 Å². The fraction of sp³-hybridized carbons (Fsp3) is 0.176. The summed E-state index contributed by atoms with van der Waals surface area (Å²) in [5.74, 6) is -1.94. The van der Waals surface area contributed by atoms with Crippen LogP contribution in [0.3, 0.4) is 0 Å². The Morgan fingerprint density at radius 2 is 1.96 bits per heavy atom. The predicted octanol–water partition coefficient (Wildman–Crippen LogP) is 2.63. The monoisotopic (exact) mass is 441 g/mol. The van der Waals surface area contributed by atoms with Crippen molar-refractivity contribution in [3.8, 4) is 0 Å². The van der Waals surface area contributed by atoms with E-state index in [1.807, 2.05) is 0 Å². The van der Waals surface area contributed by atoms with Gasteiger partial charge in [-0.05, 0) is 36.8 Å². The number of carbonyl (C=O) groups is 3. The number of rotatable bonds is 7. The lowest BCUT2D eigenvalue weighted by atomic mass is 10.0. The Labute approximate surface area is 164 Å². The molecule has 0 radical (unpaired) electrons. The topological polar surface area (TPSA) is 122 Å². The number of benzene rings is 1. The lowest BCUT2D eigenvalue weighted by molar-refractivity contribution is -0.137. The molecule has 1 unspecified atom stereocenters. The highest BCUT2D eigenvalue weighted by atomic mass is 79.9. The summed E-state index contributed by atoms with van der Waals surface area (Å²) in [6, 6.07) is 8.80. The number of nitrogens with one attached hydrogen (secondary N) is 1. The van der Waals surface area contributed by atoms with Gasteiger partial charge in [-0.2, -0.15) is 0 Å². The minimum atomic E-state index is -1.03. The van der Waals surface area contributed by atoms with Gasteiger partial charge < -0.3 is 16.2 Å². The summed E-state index contributed by atoms with van der Waals surface area (Å²) in [6.45, 7) is 0. The molecule has 0 fully saturated rings. The number of anilines is 1. The van der Waals surface area contributed by atoms with Crippen molar-refractivity contribution in [2.75, 3.05) is 5.32 Å². The molecule has 4 N–H and O–H groups in total. The Morgan fingerprint density at radius 3 is 2.58 bits per heavy atom. The number of amides is 1. The summed E-state index contributed by atoms with van der Waals surface area (Å²) < 4.78 is 0.667. The molecule has 138 valence electrons. The zero-order valence-electron chi connectivity index (χ0n) is 13.5. The van der Waals surface area contributed by atoms with Gasteiger partial charge in [0, 0.05) is 22.7 Å². The molecule has 1 atom stereocenters. The maximum Gasteiger partial charge on any atom is 0.303 e. The Morgan fingerprint density at radius 1 is 1.23 bits per heavy atom. The van der Waals surface area contributed by atoms with E-state index in [0.29, 0.717) is 4.47 Å². The summed E-state index contributed by atoms with van der Waals surface area (Å²) >= 11 is 3.30. The van der Waals surface area contributed by atoms with Crippen LogP contribution in [0.1, 0.15) is 28.9 Å². The molecule has 2 rings (SSSR count). The number of hydrogen-bond donors (Lipinski definition) is 3. The third kappa shape index (κ3) is 5.91. The summed E-state index contributed by atoms with van der Waals surface area (Å²) in [6.07, 6.45) is 1.29. The van der Waals surface area contributed by atoms with Crippen LogP contribution in [0.15, 0.2) is 47.1 Å². The first kappa shape index (κ1) is 21.8. The summed E-state index contributed by atoms with van der Waals surface area (Å²) in [7, 11) is 0. The SMILES string of the molecule is Cl.NC(CCC(=O)O)C(=O)Nc1ccc(Br)cc1C(=O)c1ccccn1. The highest BCUT2D eigenvalue weighted by Crippen LogP contribution is 2.23. The highest BCUT2D eigenvalue weighted by Gasteiger charge is 2.20. The fourth-order valence-electron chi connectivity index (χ4n) is 2.08. The van der Waals surface area contributed by atoms with E-state index in [4.69, 9.17) is 10.8 Å². The number of hydrogen-bond acceptors (Lipinski definition) is 5. The number of aliphatic carboxylic acids is 1. The maximum atomic E-state index is 12.6. The number of carbonyl (C=O) groups excluding carboxylic acids is 2. The second kappa shape index (κ2) is 10.0. The van der Waals surface area contributed by atoms with Crippen LogP contribution in [0.2, 0.25) is 0 Å². The van der Waals surface area contributed by atoms with E-state index in [1.165, 1.54) is 6.20 Å². The Kier molecular flexibility index (Phi) is 8.37. The van der Waals surface area contributed by atoms with Gasteiger partial charge in [-0.25, -0.2) is 0 Å². The molecule has 0 spiro atoms. The van der Waals surface area contributed by atoms with Crippen molar-refractivity contribution in [1.82, 2.24) is 4.98 Å². The molecule has 0 aliphatic carbocycles. The average Bonchev–Trinajstić information content (AvgIpc) is 2.61. The first-order valence-corrected chi connectivity index (χ1v) is 8.21. The minimum Gasteiger partial charge on any atom is -0.481 e. The molecule has 0 saturated carbocycles. The fourth-order valence-corrected chi connectivity index (χ4v) is 2.44. The first-order valence-electron chi connectivity index (χ1n) is 7.42. The van der Waals surface area contributed by atoms with Crippen LogP contribution >= 0.6 is 28.3 Å². The van der Waals surface area contributed by atoms with Crippen LogP contribution in [-0.2, 0) is 9.59 Å². The van der Waals surface area contributed by atoms with E-state index in [1.54, 1.807) is 36.4 Å². The number of nitrogens with zero attached hydrogens (tertiary/aromatic N) is 1. The van der Waals surface area contributed by atoms with Gasteiger partial charge in [0.25, 0.3) is 0 Å². The van der Waals surface area contributed by atoms with Crippen LogP contribution in [0.4, 0.5) is 5.69 Å². The number of ketones is 1. The van der Waals surface area contributed by atoms with E-state index in [9.17, 15) is 14.4 Å².